The highest BCUT2D eigenvalue weighted by molar-refractivity contribution is 7.89. The molecule has 1 atom stereocenters. The predicted octanol–water partition coefficient (Wildman–Crippen LogP) is 2.19. The summed E-state index contributed by atoms with van der Waals surface area (Å²) in [6.07, 6.45) is 0. The molecule has 13 heteroatoms. The Morgan fingerprint density at radius 1 is 1.08 bits per heavy atom. The van der Waals surface area contributed by atoms with Crippen LogP contribution in [-0.2, 0) is 26.2 Å². The van der Waals surface area contributed by atoms with Crippen LogP contribution in [0, 0.1) is 0 Å². The van der Waals surface area contributed by atoms with E-state index in [0.717, 1.165) is 11.3 Å². The number of allylic oxidation sites excluding steroid dienone is 1. The summed E-state index contributed by atoms with van der Waals surface area (Å²) in [4.78, 5) is 15.7. The van der Waals surface area contributed by atoms with Gasteiger partial charge in [0.1, 0.15) is 18.4 Å². The summed E-state index contributed by atoms with van der Waals surface area (Å²) in [5, 5.41) is 15.2. The molecule has 3 aromatic rings. The Hall–Kier alpha value is -3.97. The second-order valence-electron chi connectivity index (χ2n) is 9.25. The van der Waals surface area contributed by atoms with Gasteiger partial charge in [0.15, 0.2) is 0 Å². The van der Waals surface area contributed by atoms with Gasteiger partial charge in [-0.3, -0.25) is 0 Å². The fraction of sp³-hybridized carbons (Fsp3) is 0.385. The Kier molecular flexibility index (Phi) is 7.53. The van der Waals surface area contributed by atoms with Gasteiger partial charge < -0.3 is 19.7 Å². The maximum absolute atomic E-state index is 13.6. The first-order valence-corrected chi connectivity index (χ1v) is 14.3. The molecule has 1 saturated heterocycles. The fourth-order valence-corrected chi connectivity index (χ4v) is 6.08. The van der Waals surface area contributed by atoms with Crippen molar-refractivity contribution in [1.82, 2.24) is 24.5 Å². The first-order valence-electron chi connectivity index (χ1n) is 12.7. The number of carbonyl (C=O) groups excluding carboxylic acids is 1. The number of nitrogens with one attached hydrogen (secondary N) is 1. The number of aromatic nitrogens is 4. The molecule has 2 aliphatic rings. The zero-order valence-corrected chi connectivity index (χ0v) is 22.9. The molecule has 0 bridgehead atoms. The van der Waals surface area contributed by atoms with E-state index >= 15 is 0 Å². The lowest BCUT2D eigenvalue weighted by molar-refractivity contribution is -0.140. The summed E-state index contributed by atoms with van der Waals surface area (Å²) in [6.45, 7) is 5.21. The van der Waals surface area contributed by atoms with Crippen molar-refractivity contribution < 1.29 is 22.7 Å². The van der Waals surface area contributed by atoms with Crippen LogP contribution in [0.15, 0.2) is 59.8 Å². The summed E-state index contributed by atoms with van der Waals surface area (Å²) in [6, 6.07) is 14.3. The Morgan fingerprint density at radius 2 is 1.82 bits per heavy atom. The number of methoxy groups -OCH3 is 1. The van der Waals surface area contributed by atoms with Crippen LogP contribution in [0.1, 0.15) is 31.0 Å². The Morgan fingerprint density at radius 3 is 2.51 bits per heavy atom. The van der Waals surface area contributed by atoms with Crippen molar-refractivity contribution >= 4 is 27.6 Å². The van der Waals surface area contributed by atoms with Crippen molar-refractivity contribution in [3.8, 4) is 5.75 Å². The molecule has 0 radical (unpaired) electrons. The van der Waals surface area contributed by atoms with E-state index in [1.54, 1.807) is 25.6 Å². The largest absolute Gasteiger partial charge is 0.496 e. The average Bonchev–Trinajstić information content (AvgIpc) is 3.43. The number of tetrazole rings is 1. The van der Waals surface area contributed by atoms with E-state index in [1.807, 2.05) is 48.5 Å². The molecule has 0 saturated carbocycles. The van der Waals surface area contributed by atoms with Crippen LogP contribution in [0.3, 0.4) is 0 Å². The molecular formula is C26H31N7O5S. The van der Waals surface area contributed by atoms with Gasteiger partial charge in [0.2, 0.25) is 16.0 Å². The zero-order valence-electron chi connectivity index (χ0n) is 22.1. The van der Waals surface area contributed by atoms with E-state index in [2.05, 4.69) is 25.7 Å². The number of piperazine rings is 1. The van der Waals surface area contributed by atoms with E-state index in [4.69, 9.17) is 9.47 Å². The van der Waals surface area contributed by atoms with Crippen LogP contribution in [-0.4, -0.2) is 77.9 Å². The Labute approximate surface area is 227 Å². The molecule has 1 fully saturated rings. The van der Waals surface area contributed by atoms with Crippen LogP contribution in [0.5, 0.6) is 5.75 Å². The number of hydrogen-bond donors (Lipinski definition) is 1. The monoisotopic (exact) mass is 553 g/mol. The first-order chi connectivity index (χ1) is 18.8. The summed E-state index contributed by atoms with van der Waals surface area (Å²) >= 11 is 0. The Bertz CT molecular complexity index is 1480. The molecule has 0 spiro atoms. The average molecular weight is 554 g/mol. The number of fused-ring (bicyclic) bond motifs is 1. The van der Waals surface area contributed by atoms with Crippen LogP contribution in [0.2, 0.25) is 0 Å². The molecule has 1 unspecified atom stereocenters. The smallest absolute Gasteiger partial charge is 0.338 e. The highest BCUT2D eigenvalue weighted by Crippen LogP contribution is 2.44. The molecule has 39 heavy (non-hydrogen) atoms. The molecule has 12 nitrogen and oxygen atoms in total. The number of carbonyl (C=O) groups is 1. The van der Waals surface area contributed by atoms with Crippen LogP contribution in [0.25, 0.3) is 0 Å². The molecule has 3 heterocycles. The highest BCUT2D eigenvalue weighted by Gasteiger charge is 2.39. The standard InChI is InChI=1S/C26H31N7O5S/c1-4-39(35,36)32-15-13-31(14-16-32)20-11-8-12-21(37-3)23(20)24-22(18(2)27-26-28-29-30-33(24)26)25(34)38-17-19-9-6-5-7-10-19/h5-12,24H,4,13-17H2,1-3H3,(H,27,28,30). The van der Waals surface area contributed by atoms with Crippen molar-refractivity contribution in [3.63, 3.8) is 0 Å². The number of anilines is 2. The van der Waals surface area contributed by atoms with Gasteiger partial charge in [-0.05, 0) is 42.0 Å². The third-order valence-electron chi connectivity index (χ3n) is 7.02. The molecule has 206 valence electrons. The van der Waals surface area contributed by atoms with Gasteiger partial charge in [-0.25, -0.2) is 13.2 Å². The van der Waals surface area contributed by atoms with Crippen LogP contribution in [0.4, 0.5) is 11.6 Å². The van der Waals surface area contributed by atoms with Crippen LogP contribution < -0.4 is 15.0 Å². The number of benzene rings is 2. The second kappa shape index (κ2) is 11.0. The van der Waals surface area contributed by atoms with E-state index in [1.165, 1.54) is 4.31 Å². The summed E-state index contributed by atoms with van der Waals surface area (Å²) in [5.74, 6) is 0.483. The molecule has 0 aliphatic carbocycles. The quantitative estimate of drug-likeness (QED) is 0.414. The molecule has 2 aromatic carbocycles. The minimum Gasteiger partial charge on any atom is -0.496 e. The molecule has 5 rings (SSSR count). The third kappa shape index (κ3) is 5.19. The lowest BCUT2D eigenvalue weighted by Gasteiger charge is -2.38. The topological polar surface area (TPSA) is 132 Å². The molecule has 2 aliphatic heterocycles. The predicted molar refractivity (Wildman–Crippen MR) is 145 cm³/mol. The lowest BCUT2D eigenvalue weighted by Crippen LogP contribution is -2.49. The summed E-state index contributed by atoms with van der Waals surface area (Å²) in [7, 11) is -1.72. The minimum absolute atomic E-state index is 0.0626. The normalized spacial score (nSPS) is 17.9. The number of sulfonamides is 1. The lowest BCUT2D eigenvalue weighted by atomic mass is 9.92. The molecule has 1 N–H and O–H groups in total. The SMILES string of the molecule is CCS(=O)(=O)N1CCN(c2cccc(OC)c2C2C(C(=O)OCc3ccccc3)=C(C)Nc3nnnn32)CC1. The fourth-order valence-electron chi connectivity index (χ4n) is 5.00. The number of nitrogens with zero attached hydrogens (tertiary/aromatic N) is 6. The van der Waals surface area contributed by atoms with E-state index in [0.29, 0.717) is 54.7 Å². The van der Waals surface area contributed by atoms with Gasteiger partial charge in [-0.1, -0.05) is 41.5 Å². The van der Waals surface area contributed by atoms with E-state index in [-0.39, 0.29) is 12.4 Å². The summed E-state index contributed by atoms with van der Waals surface area (Å²) < 4.78 is 39.5. The third-order valence-corrected chi connectivity index (χ3v) is 8.90. The highest BCUT2D eigenvalue weighted by atomic mass is 32.2. The van der Waals surface area contributed by atoms with Gasteiger partial charge in [0, 0.05) is 43.1 Å². The van der Waals surface area contributed by atoms with Gasteiger partial charge in [-0.2, -0.15) is 8.99 Å². The van der Waals surface area contributed by atoms with Gasteiger partial charge in [0.05, 0.1) is 18.4 Å². The molecular weight excluding hydrogens is 522 g/mol. The summed E-state index contributed by atoms with van der Waals surface area (Å²) in [5.41, 5.74) is 3.27. The van der Waals surface area contributed by atoms with Crippen molar-refractivity contribution in [2.45, 2.75) is 26.5 Å². The number of hydrogen-bond acceptors (Lipinski definition) is 10. The minimum atomic E-state index is -3.28. The number of esters is 1. The van der Waals surface area contributed by atoms with E-state index in [9.17, 15) is 13.2 Å². The van der Waals surface area contributed by atoms with Gasteiger partial charge >= 0.3 is 5.97 Å². The maximum Gasteiger partial charge on any atom is 0.338 e. The van der Waals surface area contributed by atoms with Crippen molar-refractivity contribution in [3.05, 3.63) is 70.9 Å². The molecule has 1 aromatic heterocycles. The van der Waals surface area contributed by atoms with Gasteiger partial charge in [-0.15, -0.1) is 0 Å². The zero-order chi connectivity index (χ0) is 27.6. The second-order valence-corrected chi connectivity index (χ2v) is 11.5. The maximum atomic E-state index is 13.6. The molecule has 0 amide bonds. The van der Waals surface area contributed by atoms with Crippen molar-refractivity contribution in [1.29, 1.82) is 0 Å². The van der Waals surface area contributed by atoms with Crippen molar-refractivity contribution in [2.24, 2.45) is 0 Å². The van der Waals surface area contributed by atoms with Gasteiger partial charge in [0.25, 0.3) is 0 Å². The number of ether oxygens (including phenoxy) is 2. The first kappa shape index (κ1) is 26.6. The van der Waals surface area contributed by atoms with E-state index < -0.39 is 22.0 Å². The van der Waals surface area contributed by atoms with Crippen LogP contribution >= 0.6 is 0 Å². The Balaban J connectivity index is 1.54. The van der Waals surface area contributed by atoms with Crippen molar-refractivity contribution in [2.75, 3.05) is 49.3 Å². The number of rotatable bonds is 8.